The first-order valence-electron chi connectivity index (χ1n) is 9.85. The number of imide groups is 1. The second-order valence-corrected chi connectivity index (χ2v) is 9.03. The summed E-state index contributed by atoms with van der Waals surface area (Å²) in [5.74, 6) is -0.837. The van der Waals surface area contributed by atoms with Gasteiger partial charge >= 0.3 is 0 Å². The van der Waals surface area contributed by atoms with Crippen molar-refractivity contribution in [1.82, 2.24) is 0 Å². The van der Waals surface area contributed by atoms with Crippen LogP contribution in [0.4, 0.5) is 11.4 Å². The molecule has 2 amide bonds. The summed E-state index contributed by atoms with van der Waals surface area (Å²) in [7, 11) is -3.83. The van der Waals surface area contributed by atoms with Crippen LogP contribution in [0.3, 0.4) is 0 Å². The van der Waals surface area contributed by atoms with Gasteiger partial charge in [-0.15, -0.1) is 0 Å². The zero-order valence-corrected chi connectivity index (χ0v) is 18.0. The molecule has 32 heavy (non-hydrogen) atoms. The fourth-order valence-electron chi connectivity index (χ4n) is 3.47. The number of primary sulfonamides is 1. The lowest BCUT2D eigenvalue weighted by atomic mass is 10.0. The Hall–Kier alpha value is -3.75. The molecule has 3 aromatic rings. The molecular weight excluding hydrogens is 426 g/mol. The molecule has 0 radical (unpaired) electrons. The molecule has 0 saturated carbocycles. The first-order valence-corrected chi connectivity index (χ1v) is 11.4. The number of nitrogens with two attached hydrogens (primary N) is 1. The third-order valence-electron chi connectivity index (χ3n) is 5.14. The largest absolute Gasteiger partial charge is 0.370 e. The Labute approximate surface area is 186 Å². The van der Waals surface area contributed by atoms with Gasteiger partial charge in [-0.1, -0.05) is 48.0 Å². The van der Waals surface area contributed by atoms with E-state index in [4.69, 9.17) is 5.14 Å². The van der Waals surface area contributed by atoms with E-state index in [1.165, 1.54) is 24.3 Å². The van der Waals surface area contributed by atoms with E-state index < -0.39 is 27.9 Å². The highest BCUT2D eigenvalue weighted by Crippen LogP contribution is 2.30. The van der Waals surface area contributed by atoms with Crippen molar-refractivity contribution < 1.29 is 18.0 Å². The van der Waals surface area contributed by atoms with Gasteiger partial charge in [-0.05, 0) is 55.0 Å². The van der Waals surface area contributed by atoms with E-state index in [1.54, 1.807) is 36.4 Å². The molecule has 0 bridgehead atoms. The number of hydrogen-bond acceptors (Lipinski definition) is 5. The van der Waals surface area contributed by atoms with E-state index in [0.29, 0.717) is 16.9 Å². The maximum atomic E-state index is 13.3. The van der Waals surface area contributed by atoms with Gasteiger partial charge < -0.3 is 5.32 Å². The Morgan fingerprint density at radius 3 is 2.12 bits per heavy atom. The highest BCUT2D eigenvalue weighted by molar-refractivity contribution is 7.89. The van der Waals surface area contributed by atoms with Crippen LogP contribution in [0.25, 0.3) is 6.08 Å². The van der Waals surface area contributed by atoms with Crippen LogP contribution in [0.15, 0.2) is 89.3 Å². The van der Waals surface area contributed by atoms with E-state index in [0.717, 1.165) is 16.0 Å². The van der Waals surface area contributed by atoms with Gasteiger partial charge in [0.1, 0.15) is 6.04 Å². The lowest BCUT2D eigenvalue weighted by Gasteiger charge is -2.15. The van der Waals surface area contributed by atoms with Crippen LogP contribution in [0, 0.1) is 6.92 Å². The zero-order valence-electron chi connectivity index (χ0n) is 17.2. The van der Waals surface area contributed by atoms with Crippen LogP contribution >= 0.6 is 0 Å². The van der Waals surface area contributed by atoms with Crippen molar-refractivity contribution in [2.45, 2.75) is 17.9 Å². The second kappa shape index (κ2) is 8.41. The molecule has 0 aromatic heterocycles. The van der Waals surface area contributed by atoms with Crippen molar-refractivity contribution in [3.8, 4) is 0 Å². The van der Waals surface area contributed by atoms with Crippen LogP contribution in [-0.4, -0.2) is 26.3 Å². The summed E-state index contributed by atoms with van der Waals surface area (Å²) in [5, 5.41) is 8.21. The van der Waals surface area contributed by atoms with E-state index in [-0.39, 0.29) is 4.90 Å². The number of rotatable bonds is 5. The van der Waals surface area contributed by atoms with Crippen molar-refractivity contribution in [3.63, 3.8) is 0 Å². The van der Waals surface area contributed by atoms with E-state index in [1.807, 2.05) is 31.2 Å². The maximum absolute atomic E-state index is 13.3. The molecule has 7 nitrogen and oxygen atoms in total. The maximum Gasteiger partial charge on any atom is 0.263 e. The standard InChI is InChI=1S/C24H21N3O4S/c1-16-7-9-17(10-8-16)15-21-22(26-18-11-13-20(14-12-18)32(25,30)31)24(29)27(23(21)28)19-5-3-2-4-6-19/h2-15,22,26H,1H3,(H2,25,30,31)/b21-15+. The van der Waals surface area contributed by atoms with Crippen molar-refractivity contribution in [3.05, 3.63) is 95.6 Å². The second-order valence-electron chi connectivity index (χ2n) is 7.47. The molecule has 1 saturated heterocycles. The number of nitrogens with zero attached hydrogens (tertiary/aromatic N) is 1. The molecule has 4 rings (SSSR count). The molecule has 1 fully saturated rings. The molecule has 162 valence electrons. The quantitative estimate of drug-likeness (QED) is 0.461. The van der Waals surface area contributed by atoms with Gasteiger partial charge in [0.2, 0.25) is 10.0 Å². The monoisotopic (exact) mass is 447 g/mol. The molecule has 1 atom stereocenters. The summed E-state index contributed by atoms with van der Waals surface area (Å²) in [6.07, 6.45) is 1.69. The minimum Gasteiger partial charge on any atom is -0.370 e. The Bertz CT molecular complexity index is 1300. The molecule has 1 aliphatic rings. The molecule has 0 spiro atoms. The number of amides is 2. The van der Waals surface area contributed by atoms with Crippen LogP contribution in [0.2, 0.25) is 0 Å². The number of sulfonamides is 1. The van der Waals surface area contributed by atoms with Gasteiger partial charge in [-0.3, -0.25) is 9.59 Å². The van der Waals surface area contributed by atoms with Gasteiger partial charge in [0.25, 0.3) is 11.8 Å². The number of nitrogens with one attached hydrogen (secondary N) is 1. The first-order chi connectivity index (χ1) is 15.2. The molecule has 0 aliphatic carbocycles. The molecule has 3 aromatic carbocycles. The van der Waals surface area contributed by atoms with Crippen molar-refractivity contribution in [2.75, 3.05) is 10.2 Å². The Kier molecular flexibility index (Phi) is 5.65. The third-order valence-corrected chi connectivity index (χ3v) is 6.07. The molecular formula is C24H21N3O4S. The summed E-state index contributed by atoms with van der Waals surface area (Å²) in [6.45, 7) is 1.97. The summed E-state index contributed by atoms with van der Waals surface area (Å²) in [5.41, 5.74) is 3.12. The van der Waals surface area contributed by atoms with Crippen LogP contribution < -0.4 is 15.4 Å². The smallest absolute Gasteiger partial charge is 0.263 e. The van der Waals surface area contributed by atoms with Gasteiger partial charge in [0, 0.05) is 5.69 Å². The van der Waals surface area contributed by atoms with Gasteiger partial charge in [-0.2, -0.15) is 0 Å². The Balaban J connectivity index is 1.73. The van der Waals surface area contributed by atoms with E-state index >= 15 is 0 Å². The number of hydrogen-bond donors (Lipinski definition) is 2. The summed E-state index contributed by atoms with van der Waals surface area (Å²) in [4.78, 5) is 27.7. The fourth-order valence-corrected chi connectivity index (χ4v) is 3.99. The number of carbonyl (C=O) groups excluding carboxylic acids is 2. The minimum atomic E-state index is -3.83. The number of anilines is 2. The number of carbonyl (C=O) groups is 2. The van der Waals surface area contributed by atoms with Crippen LogP contribution in [-0.2, 0) is 19.6 Å². The number of para-hydroxylation sites is 1. The Morgan fingerprint density at radius 2 is 1.53 bits per heavy atom. The highest BCUT2D eigenvalue weighted by atomic mass is 32.2. The highest BCUT2D eigenvalue weighted by Gasteiger charge is 2.44. The number of benzene rings is 3. The van der Waals surface area contributed by atoms with Gasteiger partial charge in [0.05, 0.1) is 16.2 Å². The molecule has 1 aliphatic heterocycles. The average molecular weight is 448 g/mol. The van der Waals surface area contributed by atoms with Crippen molar-refractivity contribution in [1.29, 1.82) is 0 Å². The van der Waals surface area contributed by atoms with Crippen molar-refractivity contribution >= 4 is 39.3 Å². The molecule has 1 heterocycles. The first kappa shape index (κ1) is 21.5. The number of aryl methyl sites for hydroxylation is 1. The lowest BCUT2D eigenvalue weighted by molar-refractivity contribution is -0.121. The van der Waals surface area contributed by atoms with Crippen molar-refractivity contribution in [2.24, 2.45) is 5.14 Å². The fraction of sp³-hybridized carbons (Fsp3) is 0.0833. The normalized spacial score (nSPS) is 17.8. The minimum absolute atomic E-state index is 0.0433. The van der Waals surface area contributed by atoms with Crippen LogP contribution in [0.1, 0.15) is 11.1 Å². The topological polar surface area (TPSA) is 110 Å². The van der Waals surface area contributed by atoms with E-state index in [9.17, 15) is 18.0 Å². The van der Waals surface area contributed by atoms with Crippen LogP contribution in [0.5, 0.6) is 0 Å². The SMILES string of the molecule is Cc1ccc(/C=C2/C(=O)N(c3ccccc3)C(=O)C2Nc2ccc(S(N)(=O)=O)cc2)cc1. The summed E-state index contributed by atoms with van der Waals surface area (Å²) < 4.78 is 23.0. The summed E-state index contributed by atoms with van der Waals surface area (Å²) >= 11 is 0. The zero-order chi connectivity index (χ0) is 22.9. The molecule has 8 heteroatoms. The van der Waals surface area contributed by atoms with Gasteiger partial charge in [0.15, 0.2) is 0 Å². The predicted molar refractivity (Wildman–Crippen MR) is 123 cm³/mol. The molecule has 3 N–H and O–H groups in total. The third kappa shape index (κ3) is 4.32. The van der Waals surface area contributed by atoms with Gasteiger partial charge in [-0.25, -0.2) is 18.5 Å². The van der Waals surface area contributed by atoms with E-state index in [2.05, 4.69) is 5.32 Å². The predicted octanol–water partition coefficient (Wildman–Crippen LogP) is 3.08. The molecule has 1 unspecified atom stereocenters. The Morgan fingerprint density at radius 1 is 0.906 bits per heavy atom. The average Bonchev–Trinajstić information content (AvgIpc) is 2.99. The summed E-state index contributed by atoms with van der Waals surface area (Å²) in [6, 6.07) is 21.1. The lowest BCUT2D eigenvalue weighted by Crippen LogP contribution is -2.34.